The summed E-state index contributed by atoms with van der Waals surface area (Å²) in [4.78, 5) is 22.8. The van der Waals surface area contributed by atoms with Gasteiger partial charge in [0.25, 0.3) is 0 Å². The van der Waals surface area contributed by atoms with E-state index in [1.165, 1.54) is 0 Å². The van der Waals surface area contributed by atoms with Crippen LogP contribution >= 0.6 is 15.9 Å². The number of carboxylic acid groups (broad SMARTS) is 1. The molecule has 1 aromatic carbocycles. The summed E-state index contributed by atoms with van der Waals surface area (Å²) in [7, 11) is 0. The number of amides is 1. The first kappa shape index (κ1) is 17.8. The van der Waals surface area contributed by atoms with E-state index in [2.05, 4.69) is 21.2 Å². The molecular weight excluding hydrogens is 362 g/mol. The molecule has 1 aliphatic rings. The van der Waals surface area contributed by atoms with Gasteiger partial charge in [0.05, 0.1) is 12.5 Å². The highest BCUT2D eigenvalue weighted by Gasteiger charge is 2.26. The molecule has 2 N–H and O–H groups in total. The van der Waals surface area contributed by atoms with Gasteiger partial charge in [-0.2, -0.15) is 0 Å². The van der Waals surface area contributed by atoms with Crippen molar-refractivity contribution < 1.29 is 19.4 Å². The zero-order valence-electron chi connectivity index (χ0n) is 13.0. The highest BCUT2D eigenvalue weighted by atomic mass is 79.9. The van der Waals surface area contributed by atoms with Crippen LogP contribution in [0.5, 0.6) is 5.75 Å². The average molecular weight is 384 g/mol. The van der Waals surface area contributed by atoms with Crippen LogP contribution in [0.3, 0.4) is 0 Å². The molecule has 0 spiro atoms. The first-order valence-corrected chi connectivity index (χ1v) is 8.74. The second-order valence-corrected chi connectivity index (χ2v) is 6.78. The summed E-state index contributed by atoms with van der Waals surface area (Å²) >= 11 is 3.38. The summed E-state index contributed by atoms with van der Waals surface area (Å²) in [6.45, 7) is 0.496. The molecule has 0 bridgehead atoms. The van der Waals surface area contributed by atoms with Gasteiger partial charge in [-0.3, -0.25) is 9.59 Å². The van der Waals surface area contributed by atoms with Gasteiger partial charge in [-0.05, 0) is 50.3 Å². The zero-order chi connectivity index (χ0) is 16.7. The third-order valence-corrected chi connectivity index (χ3v) is 4.55. The lowest BCUT2D eigenvalue weighted by atomic mass is 9.86. The second-order valence-electron chi connectivity index (χ2n) is 5.86. The van der Waals surface area contributed by atoms with E-state index < -0.39 is 5.97 Å². The van der Waals surface area contributed by atoms with E-state index in [9.17, 15) is 9.59 Å². The van der Waals surface area contributed by atoms with Crippen LogP contribution in [0.4, 0.5) is 0 Å². The number of hydrogen-bond donors (Lipinski definition) is 2. The first-order valence-electron chi connectivity index (χ1n) is 7.95. The maximum absolute atomic E-state index is 11.9. The van der Waals surface area contributed by atoms with Crippen molar-refractivity contribution in [3.8, 4) is 5.75 Å². The van der Waals surface area contributed by atoms with E-state index in [4.69, 9.17) is 9.84 Å². The minimum Gasteiger partial charge on any atom is -0.494 e. The van der Waals surface area contributed by atoms with Crippen LogP contribution in [0.1, 0.15) is 38.5 Å². The van der Waals surface area contributed by atoms with Crippen LogP contribution in [-0.2, 0) is 9.59 Å². The molecule has 23 heavy (non-hydrogen) atoms. The molecule has 1 aromatic rings. The Balaban J connectivity index is 1.59. The number of carbonyl (C=O) groups excluding carboxylic acids is 1. The third kappa shape index (κ3) is 6.22. The molecule has 1 saturated carbocycles. The number of nitrogens with one attached hydrogen (secondary N) is 1. The summed E-state index contributed by atoms with van der Waals surface area (Å²) in [5.41, 5.74) is 0. The number of ether oxygens (including phenoxy) is 1. The fourth-order valence-electron chi connectivity index (χ4n) is 2.76. The van der Waals surface area contributed by atoms with Crippen LogP contribution in [0.15, 0.2) is 28.7 Å². The fraction of sp³-hybridized carbons (Fsp3) is 0.529. The van der Waals surface area contributed by atoms with E-state index in [0.29, 0.717) is 32.3 Å². The predicted molar refractivity (Wildman–Crippen MR) is 90.4 cm³/mol. The Labute approximate surface area is 144 Å². The van der Waals surface area contributed by atoms with Gasteiger partial charge in [0, 0.05) is 16.9 Å². The van der Waals surface area contributed by atoms with Gasteiger partial charge < -0.3 is 15.2 Å². The van der Waals surface area contributed by atoms with Gasteiger partial charge >= 0.3 is 5.97 Å². The Morgan fingerprint density at radius 1 is 1.26 bits per heavy atom. The Bertz CT molecular complexity index is 541. The SMILES string of the molecule is O=C(CCCOc1cccc(Br)c1)NC1CCC(C(=O)O)CC1. The summed E-state index contributed by atoms with van der Waals surface area (Å²) in [6, 6.07) is 7.72. The van der Waals surface area contributed by atoms with Crippen molar-refractivity contribution >= 4 is 27.8 Å². The highest BCUT2D eigenvalue weighted by molar-refractivity contribution is 9.10. The topological polar surface area (TPSA) is 75.6 Å². The Kier molecular flexibility index (Phi) is 6.89. The molecule has 1 fully saturated rings. The number of rotatable bonds is 7. The second kappa shape index (κ2) is 8.91. The molecule has 0 radical (unpaired) electrons. The molecule has 0 heterocycles. The molecule has 6 heteroatoms. The molecule has 1 aliphatic carbocycles. The van der Waals surface area contributed by atoms with E-state index in [1.807, 2.05) is 24.3 Å². The van der Waals surface area contributed by atoms with Crippen LogP contribution in [-0.4, -0.2) is 29.6 Å². The molecule has 0 aromatic heterocycles. The predicted octanol–water partition coefficient (Wildman–Crippen LogP) is 3.37. The summed E-state index contributed by atoms with van der Waals surface area (Å²) in [5, 5.41) is 11.9. The number of halogens is 1. The molecule has 0 unspecified atom stereocenters. The molecule has 2 rings (SSSR count). The van der Waals surface area contributed by atoms with Crippen LogP contribution in [0, 0.1) is 5.92 Å². The van der Waals surface area contributed by atoms with Crippen molar-refractivity contribution in [2.45, 2.75) is 44.6 Å². The quantitative estimate of drug-likeness (QED) is 0.707. The lowest BCUT2D eigenvalue weighted by Gasteiger charge is -2.26. The van der Waals surface area contributed by atoms with Crippen molar-refractivity contribution in [2.24, 2.45) is 5.92 Å². The van der Waals surface area contributed by atoms with Crippen molar-refractivity contribution in [3.05, 3.63) is 28.7 Å². The summed E-state index contributed by atoms with van der Waals surface area (Å²) in [5.74, 6) is -0.172. The largest absolute Gasteiger partial charge is 0.494 e. The number of carbonyl (C=O) groups is 2. The first-order chi connectivity index (χ1) is 11.0. The molecule has 5 nitrogen and oxygen atoms in total. The van der Waals surface area contributed by atoms with Crippen molar-refractivity contribution in [3.63, 3.8) is 0 Å². The third-order valence-electron chi connectivity index (χ3n) is 4.05. The summed E-state index contributed by atoms with van der Waals surface area (Å²) < 4.78 is 6.56. The smallest absolute Gasteiger partial charge is 0.306 e. The van der Waals surface area contributed by atoms with Crippen LogP contribution in [0.2, 0.25) is 0 Å². The number of hydrogen-bond acceptors (Lipinski definition) is 3. The lowest BCUT2D eigenvalue weighted by Crippen LogP contribution is -2.38. The zero-order valence-corrected chi connectivity index (χ0v) is 14.5. The van der Waals surface area contributed by atoms with Crippen molar-refractivity contribution in [1.82, 2.24) is 5.32 Å². The standard InChI is InChI=1S/C17H22BrNO4/c18-13-3-1-4-15(11-13)23-10-2-5-16(20)19-14-8-6-12(7-9-14)17(21)22/h1,3-4,11-12,14H,2,5-10H2,(H,19,20)(H,21,22). The highest BCUT2D eigenvalue weighted by Crippen LogP contribution is 2.24. The minimum absolute atomic E-state index is 0.0154. The van der Waals surface area contributed by atoms with Gasteiger partial charge in [-0.1, -0.05) is 22.0 Å². The Morgan fingerprint density at radius 2 is 2.00 bits per heavy atom. The molecule has 0 atom stereocenters. The van der Waals surface area contributed by atoms with E-state index in [-0.39, 0.29) is 17.9 Å². The minimum atomic E-state index is -0.723. The molecule has 1 amide bonds. The number of aliphatic carboxylic acids is 1. The van der Waals surface area contributed by atoms with E-state index in [1.54, 1.807) is 0 Å². The van der Waals surface area contributed by atoms with E-state index >= 15 is 0 Å². The monoisotopic (exact) mass is 383 g/mol. The molecule has 0 aliphatic heterocycles. The van der Waals surface area contributed by atoms with Crippen molar-refractivity contribution in [2.75, 3.05) is 6.61 Å². The number of carboxylic acids is 1. The molecule has 126 valence electrons. The Hall–Kier alpha value is -1.56. The van der Waals surface area contributed by atoms with Gasteiger partial charge in [-0.15, -0.1) is 0 Å². The molecular formula is C17H22BrNO4. The van der Waals surface area contributed by atoms with Gasteiger partial charge in [0.2, 0.25) is 5.91 Å². The van der Waals surface area contributed by atoms with Gasteiger partial charge in [0.15, 0.2) is 0 Å². The fourth-order valence-corrected chi connectivity index (χ4v) is 3.14. The number of benzene rings is 1. The maximum atomic E-state index is 11.9. The van der Waals surface area contributed by atoms with Crippen LogP contribution in [0.25, 0.3) is 0 Å². The van der Waals surface area contributed by atoms with E-state index in [0.717, 1.165) is 23.1 Å². The normalized spacial score (nSPS) is 20.7. The lowest BCUT2D eigenvalue weighted by molar-refractivity contribution is -0.142. The summed E-state index contributed by atoms with van der Waals surface area (Å²) in [6.07, 6.45) is 3.86. The van der Waals surface area contributed by atoms with Gasteiger partial charge in [-0.25, -0.2) is 0 Å². The van der Waals surface area contributed by atoms with Crippen molar-refractivity contribution in [1.29, 1.82) is 0 Å². The maximum Gasteiger partial charge on any atom is 0.306 e. The van der Waals surface area contributed by atoms with Gasteiger partial charge in [0.1, 0.15) is 5.75 Å². The molecule has 0 saturated heterocycles. The average Bonchev–Trinajstić information content (AvgIpc) is 2.52. The Morgan fingerprint density at radius 3 is 2.65 bits per heavy atom. The van der Waals surface area contributed by atoms with Crippen LogP contribution < -0.4 is 10.1 Å².